The number of nitrogens with zero attached hydrogens (tertiary/aromatic N) is 3. The van der Waals surface area contributed by atoms with Crippen LogP contribution < -0.4 is 0 Å². The normalized spacial score (nSPS) is 15.9. The fourth-order valence-corrected chi connectivity index (χ4v) is 3.00. The molecule has 0 unspecified atom stereocenters. The molecule has 1 saturated carbocycles. The summed E-state index contributed by atoms with van der Waals surface area (Å²) in [5, 5.41) is 8.02. The molecule has 1 fully saturated rings. The zero-order valence-corrected chi connectivity index (χ0v) is 9.98. The van der Waals surface area contributed by atoms with Gasteiger partial charge in [-0.3, -0.25) is 0 Å². The van der Waals surface area contributed by atoms with Gasteiger partial charge in [0, 0.05) is 6.04 Å². The molecule has 2 heterocycles. The predicted octanol–water partition coefficient (Wildman–Crippen LogP) is 3.65. The summed E-state index contributed by atoms with van der Waals surface area (Å²) >= 11 is 13.4. The van der Waals surface area contributed by atoms with E-state index in [2.05, 4.69) is 14.8 Å². The van der Waals surface area contributed by atoms with E-state index in [9.17, 15) is 0 Å². The van der Waals surface area contributed by atoms with Crippen LogP contribution >= 0.6 is 34.5 Å². The van der Waals surface area contributed by atoms with Crippen LogP contribution in [0.15, 0.2) is 12.4 Å². The van der Waals surface area contributed by atoms with Gasteiger partial charge in [0.2, 0.25) is 0 Å². The van der Waals surface area contributed by atoms with Crippen molar-refractivity contribution in [1.82, 2.24) is 14.8 Å². The van der Waals surface area contributed by atoms with E-state index in [4.69, 9.17) is 23.2 Å². The molecule has 3 rings (SSSR count). The fraction of sp³-hybridized carbons (Fsp3) is 0.333. The van der Waals surface area contributed by atoms with Crippen molar-refractivity contribution in [2.75, 3.05) is 0 Å². The minimum atomic E-state index is 0.546. The summed E-state index contributed by atoms with van der Waals surface area (Å²) in [7, 11) is 0. The molecule has 6 heteroatoms. The number of hydrogen-bond donors (Lipinski definition) is 0. The zero-order valence-electron chi connectivity index (χ0n) is 7.65. The first-order chi connectivity index (χ1) is 7.25. The van der Waals surface area contributed by atoms with Gasteiger partial charge in [-0.2, -0.15) is 0 Å². The maximum atomic E-state index is 6.09. The van der Waals surface area contributed by atoms with E-state index in [1.54, 1.807) is 6.33 Å². The van der Waals surface area contributed by atoms with E-state index in [0.717, 1.165) is 11.4 Å². The van der Waals surface area contributed by atoms with Gasteiger partial charge in [0.1, 0.15) is 10.7 Å². The molecule has 0 N–H and O–H groups in total. The SMILES string of the molecule is Clc1cc(-c2nncn2C2CC2)c(Cl)s1. The van der Waals surface area contributed by atoms with Crippen LogP contribution in [0.25, 0.3) is 11.4 Å². The molecule has 0 aromatic carbocycles. The number of thiophene rings is 1. The Labute approximate surface area is 101 Å². The Balaban J connectivity index is 2.11. The van der Waals surface area contributed by atoms with Gasteiger partial charge in [0.05, 0.1) is 9.90 Å². The first-order valence-corrected chi connectivity index (χ1v) is 6.17. The molecule has 0 atom stereocenters. The van der Waals surface area contributed by atoms with Gasteiger partial charge in [0.25, 0.3) is 0 Å². The third kappa shape index (κ3) is 1.67. The summed E-state index contributed by atoms with van der Waals surface area (Å²) in [5.41, 5.74) is 0.885. The van der Waals surface area contributed by atoms with Crippen LogP contribution in [-0.4, -0.2) is 14.8 Å². The van der Waals surface area contributed by atoms with Gasteiger partial charge >= 0.3 is 0 Å². The average molecular weight is 260 g/mol. The Morgan fingerprint density at radius 1 is 1.40 bits per heavy atom. The van der Waals surface area contributed by atoms with E-state index < -0.39 is 0 Å². The molecular formula is C9H7Cl2N3S. The van der Waals surface area contributed by atoms with Crippen molar-refractivity contribution in [2.24, 2.45) is 0 Å². The Kier molecular flexibility index (Phi) is 2.23. The highest BCUT2D eigenvalue weighted by Crippen LogP contribution is 2.41. The lowest BCUT2D eigenvalue weighted by Crippen LogP contribution is -1.94. The monoisotopic (exact) mass is 259 g/mol. The number of halogens is 2. The average Bonchev–Trinajstić information content (AvgIpc) is 2.83. The highest BCUT2D eigenvalue weighted by molar-refractivity contribution is 7.20. The largest absolute Gasteiger partial charge is 0.310 e. The Morgan fingerprint density at radius 2 is 2.20 bits per heavy atom. The lowest BCUT2D eigenvalue weighted by molar-refractivity contribution is 0.746. The molecule has 2 aromatic rings. The van der Waals surface area contributed by atoms with E-state index in [0.29, 0.717) is 14.7 Å². The van der Waals surface area contributed by atoms with Crippen molar-refractivity contribution in [1.29, 1.82) is 0 Å². The molecule has 1 aliphatic carbocycles. The Hall–Kier alpha value is -0.580. The molecular weight excluding hydrogens is 253 g/mol. The quantitative estimate of drug-likeness (QED) is 0.825. The summed E-state index contributed by atoms with van der Waals surface area (Å²) < 4.78 is 3.43. The number of aromatic nitrogens is 3. The molecule has 0 saturated heterocycles. The highest BCUT2D eigenvalue weighted by Gasteiger charge is 2.27. The van der Waals surface area contributed by atoms with Crippen LogP contribution in [0.4, 0.5) is 0 Å². The second kappa shape index (κ2) is 3.47. The molecule has 1 aliphatic rings. The van der Waals surface area contributed by atoms with Crippen LogP contribution in [0.2, 0.25) is 8.67 Å². The minimum Gasteiger partial charge on any atom is -0.310 e. The van der Waals surface area contributed by atoms with Gasteiger partial charge in [-0.05, 0) is 18.9 Å². The van der Waals surface area contributed by atoms with Crippen LogP contribution in [0.3, 0.4) is 0 Å². The maximum absolute atomic E-state index is 6.09. The van der Waals surface area contributed by atoms with Gasteiger partial charge in [-0.25, -0.2) is 0 Å². The standard InChI is InChI=1S/C9H7Cl2N3S/c10-7-3-6(8(11)15-7)9-13-12-4-14(9)5-1-2-5/h3-5H,1-2H2. The van der Waals surface area contributed by atoms with Crippen LogP contribution in [0, 0.1) is 0 Å². The molecule has 0 radical (unpaired) electrons. The highest BCUT2D eigenvalue weighted by atomic mass is 35.5. The molecule has 0 amide bonds. The lowest BCUT2D eigenvalue weighted by Gasteiger charge is -2.02. The molecule has 0 spiro atoms. The van der Waals surface area contributed by atoms with Gasteiger partial charge in [-0.15, -0.1) is 21.5 Å². The van der Waals surface area contributed by atoms with E-state index >= 15 is 0 Å². The first kappa shape index (κ1) is 9.63. The number of hydrogen-bond acceptors (Lipinski definition) is 3. The fourth-order valence-electron chi connectivity index (χ4n) is 1.55. The first-order valence-electron chi connectivity index (χ1n) is 4.60. The van der Waals surface area contributed by atoms with Crippen molar-refractivity contribution >= 4 is 34.5 Å². The van der Waals surface area contributed by atoms with Gasteiger partial charge in [0.15, 0.2) is 5.82 Å². The van der Waals surface area contributed by atoms with Crippen molar-refractivity contribution in [3.05, 3.63) is 21.1 Å². The molecule has 15 heavy (non-hydrogen) atoms. The minimum absolute atomic E-state index is 0.546. The Morgan fingerprint density at radius 3 is 2.80 bits per heavy atom. The second-order valence-electron chi connectivity index (χ2n) is 3.53. The zero-order chi connectivity index (χ0) is 10.4. The molecule has 2 aromatic heterocycles. The van der Waals surface area contributed by atoms with E-state index in [1.165, 1.54) is 24.2 Å². The smallest absolute Gasteiger partial charge is 0.166 e. The van der Waals surface area contributed by atoms with E-state index in [1.807, 2.05) is 6.07 Å². The lowest BCUT2D eigenvalue weighted by atomic mass is 10.3. The summed E-state index contributed by atoms with van der Waals surface area (Å²) in [6.45, 7) is 0. The summed E-state index contributed by atoms with van der Waals surface area (Å²) in [5.74, 6) is 0.825. The number of rotatable bonds is 2. The summed E-state index contributed by atoms with van der Waals surface area (Å²) in [4.78, 5) is 0. The van der Waals surface area contributed by atoms with Gasteiger partial charge < -0.3 is 4.57 Å². The van der Waals surface area contributed by atoms with Crippen molar-refractivity contribution in [3.8, 4) is 11.4 Å². The summed E-state index contributed by atoms with van der Waals surface area (Å²) in [6, 6.07) is 2.39. The van der Waals surface area contributed by atoms with Crippen LogP contribution in [-0.2, 0) is 0 Å². The third-order valence-electron chi connectivity index (χ3n) is 2.41. The maximum Gasteiger partial charge on any atom is 0.166 e. The predicted molar refractivity (Wildman–Crippen MR) is 61.6 cm³/mol. The topological polar surface area (TPSA) is 30.7 Å². The van der Waals surface area contributed by atoms with Crippen LogP contribution in [0.1, 0.15) is 18.9 Å². The summed E-state index contributed by atoms with van der Waals surface area (Å²) in [6.07, 6.45) is 4.15. The Bertz CT molecular complexity index is 501. The van der Waals surface area contributed by atoms with Crippen molar-refractivity contribution < 1.29 is 0 Å². The van der Waals surface area contributed by atoms with E-state index in [-0.39, 0.29) is 0 Å². The van der Waals surface area contributed by atoms with Crippen molar-refractivity contribution in [3.63, 3.8) is 0 Å². The third-order valence-corrected chi connectivity index (χ3v) is 3.90. The van der Waals surface area contributed by atoms with Crippen molar-refractivity contribution in [2.45, 2.75) is 18.9 Å². The molecule has 3 nitrogen and oxygen atoms in total. The molecule has 0 aliphatic heterocycles. The molecule has 78 valence electrons. The molecule has 0 bridgehead atoms. The van der Waals surface area contributed by atoms with Crippen LogP contribution in [0.5, 0.6) is 0 Å². The second-order valence-corrected chi connectivity index (χ2v) is 5.82. The van der Waals surface area contributed by atoms with Gasteiger partial charge in [-0.1, -0.05) is 23.2 Å².